The Morgan fingerprint density at radius 3 is 2.46 bits per heavy atom. The fourth-order valence-electron chi connectivity index (χ4n) is 3.09. The highest BCUT2D eigenvalue weighted by molar-refractivity contribution is 8.14. The molecule has 1 saturated carbocycles. The zero-order valence-corrected chi connectivity index (χ0v) is 17.1. The predicted octanol–water partition coefficient (Wildman–Crippen LogP) is 7.64. The van der Waals surface area contributed by atoms with Gasteiger partial charge in [0.05, 0.1) is 10.7 Å². The van der Waals surface area contributed by atoms with Gasteiger partial charge in [-0.15, -0.1) is 11.8 Å². The highest BCUT2D eigenvalue weighted by atomic mass is 32.2. The van der Waals surface area contributed by atoms with Crippen LogP contribution in [0.2, 0.25) is 0 Å². The van der Waals surface area contributed by atoms with E-state index in [4.69, 9.17) is 4.99 Å². The highest BCUT2D eigenvalue weighted by Gasteiger charge is 2.14. The highest BCUT2D eigenvalue weighted by Crippen LogP contribution is 2.28. The quantitative estimate of drug-likeness (QED) is 0.289. The Hall–Kier alpha value is -1.45. The summed E-state index contributed by atoms with van der Waals surface area (Å²) in [5.41, 5.74) is 2.33. The zero-order chi connectivity index (χ0) is 18.0. The molecule has 2 aromatic carbocycles. The van der Waals surface area contributed by atoms with E-state index in [2.05, 4.69) is 54.8 Å². The topological polar surface area (TPSA) is 12.4 Å². The second-order valence-electron chi connectivity index (χ2n) is 6.83. The maximum absolute atomic E-state index is 4.87. The molecule has 1 fully saturated rings. The number of thioether (sulfide) groups is 2. The van der Waals surface area contributed by atoms with Gasteiger partial charge in [0.15, 0.2) is 0 Å². The summed E-state index contributed by atoms with van der Waals surface area (Å²) >= 11 is 3.67. The van der Waals surface area contributed by atoms with Gasteiger partial charge in [-0.1, -0.05) is 66.9 Å². The molecule has 3 heteroatoms. The van der Waals surface area contributed by atoms with E-state index >= 15 is 0 Å². The number of aliphatic imine (C=N–C) groups is 1. The first-order valence-corrected chi connectivity index (χ1v) is 11.3. The molecule has 0 radical (unpaired) electrons. The van der Waals surface area contributed by atoms with Crippen molar-refractivity contribution in [3.05, 3.63) is 71.6 Å². The average molecular weight is 382 g/mol. The van der Waals surface area contributed by atoms with E-state index in [9.17, 15) is 0 Å². The molecule has 0 aliphatic heterocycles. The van der Waals surface area contributed by atoms with Crippen LogP contribution in [0.1, 0.15) is 37.7 Å². The number of hydrogen-bond acceptors (Lipinski definition) is 3. The summed E-state index contributed by atoms with van der Waals surface area (Å²) in [6.45, 7) is 2.12. The molecule has 0 N–H and O–H groups in total. The maximum Gasteiger partial charge on any atom is 0.0972 e. The molecule has 0 bridgehead atoms. The van der Waals surface area contributed by atoms with E-state index in [1.54, 1.807) is 11.8 Å². The maximum atomic E-state index is 4.87. The minimum Gasteiger partial charge on any atom is -0.242 e. The average Bonchev–Trinajstić information content (AvgIpc) is 2.69. The van der Waals surface area contributed by atoms with E-state index in [1.807, 2.05) is 30.0 Å². The lowest BCUT2D eigenvalue weighted by Gasteiger charge is -2.20. The van der Waals surface area contributed by atoms with Crippen LogP contribution in [0.15, 0.2) is 76.0 Å². The Morgan fingerprint density at radius 1 is 1.00 bits per heavy atom. The van der Waals surface area contributed by atoms with Crippen LogP contribution in [0.5, 0.6) is 0 Å². The number of benzene rings is 2. The summed E-state index contributed by atoms with van der Waals surface area (Å²) in [6.07, 6.45) is 9.15. The molecule has 1 nitrogen and oxygen atoms in total. The third-order valence-corrected chi connectivity index (χ3v) is 6.60. The Bertz CT molecular complexity index is 714. The number of aryl methyl sites for hydroxylation is 1. The standard InChI is InChI=1S/C23H27NS2/c1-19-12-14-22(15-13-19)25-17-16-23(24-21-10-6-3-7-11-21)26-18-20-8-4-2-5-9-20/h3,6-7,10-17,20H,2,4-5,8-9,18H2,1H3. The summed E-state index contributed by atoms with van der Waals surface area (Å²) in [5.74, 6) is 2.04. The second kappa shape index (κ2) is 10.6. The van der Waals surface area contributed by atoms with Crippen LogP contribution in [-0.4, -0.2) is 10.8 Å². The molecule has 0 heterocycles. The lowest BCUT2D eigenvalue weighted by Crippen LogP contribution is -2.09. The SMILES string of the molecule is Cc1ccc(SC=CC(=Nc2ccccc2)SCC2CCCCC2)cc1. The van der Waals surface area contributed by atoms with Crippen LogP contribution in [0.4, 0.5) is 5.69 Å². The summed E-state index contributed by atoms with van der Waals surface area (Å²) in [5, 5.41) is 3.28. The lowest BCUT2D eigenvalue weighted by molar-refractivity contribution is 0.391. The Kier molecular flexibility index (Phi) is 7.90. The van der Waals surface area contributed by atoms with Crippen LogP contribution in [0, 0.1) is 12.8 Å². The van der Waals surface area contributed by atoms with Crippen molar-refractivity contribution in [3.63, 3.8) is 0 Å². The number of hydrogen-bond donors (Lipinski definition) is 0. The van der Waals surface area contributed by atoms with Gasteiger partial charge >= 0.3 is 0 Å². The van der Waals surface area contributed by atoms with Crippen molar-refractivity contribution in [2.45, 2.75) is 43.9 Å². The van der Waals surface area contributed by atoms with Crippen molar-refractivity contribution in [2.24, 2.45) is 10.9 Å². The Balaban J connectivity index is 1.64. The van der Waals surface area contributed by atoms with Crippen molar-refractivity contribution in [1.82, 2.24) is 0 Å². The molecule has 3 rings (SSSR count). The third-order valence-electron chi connectivity index (χ3n) is 4.62. The molecule has 136 valence electrons. The van der Waals surface area contributed by atoms with E-state index < -0.39 is 0 Å². The summed E-state index contributed by atoms with van der Waals surface area (Å²) in [4.78, 5) is 6.13. The lowest BCUT2D eigenvalue weighted by atomic mass is 9.91. The van der Waals surface area contributed by atoms with E-state index in [0.29, 0.717) is 0 Å². The van der Waals surface area contributed by atoms with Crippen LogP contribution < -0.4 is 0 Å². The van der Waals surface area contributed by atoms with Gasteiger partial charge in [0.25, 0.3) is 0 Å². The molecular formula is C23H27NS2. The zero-order valence-electron chi connectivity index (χ0n) is 15.4. The van der Waals surface area contributed by atoms with Crippen LogP contribution in [-0.2, 0) is 0 Å². The molecule has 0 saturated heterocycles. The van der Waals surface area contributed by atoms with E-state index in [0.717, 1.165) is 16.6 Å². The molecule has 26 heavy (non-hydrogen) atoms. The summed E-state index contributed by atoms with van der Waals surface area (Å²) < 4.78 is 0. The van der Waals surface area contributed by atoms with Crippen molar-refractivity contribution in [2.75, 3.05) is 5.75 Å². The second-order valence-corrected chi connectivity index (χ2v) is 8.85. The number of para-hydroxylation sites is 1. The van der Waals surface area contributed by atoms with Crippen LogP contribution >= 0.6 is 23.5 Å². The minimum absolute atomic E-state index is 0.855. The molecule has 1 aliphatic rings. The molecule has 0 aromatic heterocycles. The van der Waals surface area contributed by atoms with Gasteiger partial charge < -0.3 is 0 Å². The normalized spacial score (nSPS) is 16.3. The van der Waals surface area contributed by atoms with Gasteiger partial charge in [0, 0.05) is 10.6 Å². The molecule has 1 aliphatic carbocycles. The first-order chi connectivity index (χ1) is 12.8. The van der Waals surface area contributed by atoms with Crippen LogP contribution in [0.3, 0.4) is 0 Å². The minimum atomic E-state index is 0.855. The molecule has 0 amide bonds. The Morgan fingerprint density at radius 2 is 1.73 bits per heavy atom. The summed E-state index contributed by atoms with van der Waals surface area (Å²) in [6, 6.07) is 18.9. The first kappa shape index (κ1) is 19.3. The van der Waals surface area contributed by atoms with Gasteiger partial charge in [-0.3, -0.25) is 0 Å². The van der Waals surface area contributed by atoms with Gasteiger partial charge in [-0.05, 0) is 61.4 Å². The van der Waals surface area contributed by atoms with Crippen molar-refractivity contribution < 1.29 is 0 Å². The number of nitrogens with zero attached hydrogens (tertiary/aromatic N) is 1. The van der Waals surface area contributed by atoms with Gasteiger partial charge in [0.1, 0.15) is 0 Å². The van der Waals surface area contributed by atoms with Crippen molar-refractivity contribution in [1.29, 1.82) is 0 Å². The first-order valence-electron chi connectivity index (χ1n) is 9.46. The van der Waals surface area contributed by atoms with E-state index in [1.165, 1.54) is 48.3 Å². The van der Waals surface area contributed by atoms with Crippen molar-refractivity contribution >= 4 is 34.3 Å². The summed E-state index contributed by atoms with van der Waals surface area (Å²) in [7, 11) is 0. The largest absolute Gasteiger partial charge is 0.242 e. The smallest absolute Gasteiger partial charge is 0.0972 e. The monoisotopic (exact) mass is 381 g/mol. The van der Waals surface area contributed by atoms with Crippen LogP contribution in [0.25, 0.3) is 0 Å². The van der Waals surface area contributed by atoms with Gasteiger partial charge in [-0.25, -0.2) is 4.99 Å². The molecule has 0 unspecified atom stereocenters. The van der Waals surface area contributed by atoms with Gasteiger partial charge in [-0.2, -0.15) is 0 Å². The molecule has 0 spiro atoms. The number of rotatable bonds is 6. The fraction of sp³-hybridized carbons (Fsp3) is 0.348. The fourth-order valence-corrected chi connectivity index (χ4v) is 4.90. The van der Waals surface area contributed by atoms with E-state index in [-0.39, 0.29) is 0 Å². The molecule has 2 aromatic rings. The van der Waals surface area contributed by atoms with Gasteiger partial charge in [0.2, 0.25) is 0 Å². The van der Waals surface area contributed by atoms with Crippen molar-refractivity contribution in [3.8, 4) is 0 Å². The predicted molar refractivity (Wildman–Crippen MR) is 119 cm³/mol. The third kappa shape index (κ3) is 6.69. The molecule has 0 atom stereocenters. The Labute approximate surface area is 166 Å². The molecular weight excluding hydrogens is 354 g/mol.